The number of benzene rings is 5. The number of aliphatic hydroxyl groups is 1. The molecule has 5 aromatic rings. The van der Waals surface area contributed by atoms with Gasteiger partial charge in [0.05, 0.1) is 23.9 Å². The summed E-state index contributed by atoms with van der Waals surface area (Å²) >= 11 is 0. The topological polar surface area (TPSA) is 96.3 Å². The van der Waals surface area contributed by atoms with Crippen LogP contribution in [0.1, 0.15) is 35.2 Å². The quantitative estimate of drug-likeness (QED) is 0.112. The molecule has 1 saturated heterocycles. The number of anilines is 1. The average molecular weight is 586 g/mol. The largest absolute Gasteiger partial charge is 0.507 e. The van der Waals surface area contributed by atoms with Crippen LogP contribution < -0.4 is 14.4 Å². The van der Waals surface area contributed by atoms with Gasteiger partial charge in [0.15, 0.2) is 11.5 Å². The van der Waals surface area contributed by atoms with Crippen molar-refractivity contribution in [2.75, 3.05) is 11.5 Å². The van der Waals surface area contributed by atoms with Crippen LogP contribution in [0.5, 0.6) is 17.2 Å². The Bertz CT molecular complexity index is 1910. The molecule has 0 aromatic heterocycles. The van der Waals surface area contributed by atoms with Gasteiger partial charge in [-0.05, 0) is 72.3 Å². The first-order valence-electron chi connectivity index (χ1n) is 14.4. The summed E-state index contributed by atoms with van der Waals surface area (Å²) in [6.45, 7) is 4.34. The third-order valence-electron chi connectivity index (χ3n) is 7.76. The molecule has 0 aliphatic carbocycles. The molecule has 6 rings (SSSR count). The number of carbonyl (C=O) groups is 2. The first kappa shape index (κ1) is 28.6. The number of aryl methyl sites for hydroxylation is 1. The highest BCUT2D eigenvalue weighted by molar-refractivity contribution is 6.52. The normalized spacial score (nSPS) is 16.0. The van der Waals surface area contributed by atoms with Gasteiger partial charge in [0.2, 0.25) is 0 Å². The molecule has 1 aliphatic heterocycles. The highest BCUT2D eigenvalue weighted by Gasteiger charge is 2.47. The van der Waals surface area contributed by atoms with E-state index in [2.05, 4.69) is 0 Å². The first-order valence-corrected chi connectivity index (χ1v) is 14.4. The lowest BCUT2D eigenvalue weighted by Gasteiger charge is -2.27. The van der Waals surface area contributed by atoms with E-state index in [1.165, 1.54) is 11.0 Å². The van der Waals surface area contributed by atoms with Crippen molar-refractivity contribution in [1.82, 2.24) is 0 Å². The van der Waals surface area contributed by atoms with Crippen molar-refractivity contribution in [1.29, 1.82) is 0 Å². The van der Waals surface area contributed by atoms with Gasteiger partial charge in [-0.25, -0.2) is 0 Å². The fraction of sp³-hybridized carbons (Fsp3) is 0.135. The Morgan fingerprint density at radius 2 is 1.57 bits per heavy atom. The van der Waals surface area contributed by atoms with E-state index in [1.54, 1.807) is 43.3 Å². The molecule has 0 bridgehead atoms. The Kier molecular flexibility index (Phi) is 7.77. The van der Waals surface area contributed by atoms with E-state index in [9.17, 15) is 19.8 Å². The van der Waals surface area contributed by atoms with Crippen molar-refractivity contribution >= 4 is 33.9 Å². The number of hydrogen-bond acceptors (Lipinski definition) is 6. The maximum atomic E-state index is 13.8. The molecule has 1 amide bonds. The number of Topliss-reactive ketones (excluding diaryl/α,β-unsaturated/α-hetero) is 1. The van der Waals surface area contributed by atoms with Gasteiger partial charge >= 0.3 is 0 Å². The van der Waals surface area contributed by atoms with Gasteiger partial charge in [-0.3, -0.25) is 14.5 Å². The second-order valence-corrected chi connectivity index (χ2v) is 10.6. The van der Waals surface area contributed by atoms with Crippen LogP contribution in [0.3, 0.4) is 0 Å². The number of rotatable bonds is 8. The number of aromatic hydroxyl groups is 1. The molecular formula is C37H31NO6. The van der Waals surface area contributed by atoms with Gasteiger partial charge in [0.25, 0.3) is 11.7 Å². The number of fused-ring (bicyclic) bond motifs is 1. The minimum absolute atomic E-state index is 0.0616. The fourth-order valence-corrected chi connectivity index (χ4v) is 5.64. The Labute approximate surface area is 255 Å². The van der Waals surface area contributed by atoms with Crippen LogP contribution in [0, 0.1) is 6.92 Å². The van der Waals surface area contributed by atoms with Gasteiger partial charge in [-0.2, -0.15) is 0 Å². The molecule has 1 atom stereocenters. The number of phenolic OH excluding ortho intramolecular Hbond substituents is 1. The van der Waals surface area contributed by atoms with Crippen molar-refractivity contribution in [2.24, 2.45) is 0 Å². The Hall–Kier alpha value is -5.56. The lowest BCUT2D eigenvalue weighted by molar-refractivity contribution is -0.132. The smallest absolute Gasteiger partial charge is 0.300 e. The second kappa shape index (κ2) is 12.0. The predicted octanol–water partition coefficient (Wildman–Crippen LogP) is 7.46. The van der Waals surface area contributed by atoms with Crippen LogP contribution >= 0.6 is 0 Å². The van der Waals surface area contributed by atoms with Crippen LogP contribution in [-0.4, -0.2) is 28.5 Å². The van der Waals surface area contributed by atoms with Crippen LogP contribution in [0.4, 0.5) is 5.69 Å². The molecule has 0 spiro atoms. The maximum absolute atomic E-state index is 13.8. The van der Waals surface area contributed by atoms with Crippen LogP contribution in [0.15, 0.2) is 115 Å². The van der Waals surface area contributed by atoms with E-state index in [1.807, 2.05) is 73.7 Å². The van der Waals surface area contributed by atoms with Crippen LogP contribution in [0.2, 0.25) is 0 Å². The molecule has 0 radical (unpaired) electrons. The summed E-state index contributed by atoms with van der Waals surface area (Å²) in [5, 5.41) is 23.8. The van der Waals surface area contributed by atoms with Crippen LogP contribution in [-0.2, 0) is 16.2 Å². The zero-order chi connectivity index (χ0) is 30.8. The van der Waals surface area contributed by atoms with Crippen LogP contribution in [0.25, 0.3) is 16.5 Å². The molecule has 7 heteroatoms. The van der Waals surface area contributed by atoms with Crippen molar-refractivity contribution in [3.8, 4) is 17.2 Å². The van der Waals surface area contributed by atoms with Gasteiger partial charge in [0.1, 0.15) is 18.1 Å². The second-order valence-electron chi connectivity index (χ2n) is 10.6. The van der Waals surface area contributed by atoms with Gasteiger partial charge in [-0.15, -0.1) is 0 Å². The highest BCUT2D eigenvalue weighted by atomic mass is 16.5. The first-order chi connectivity index (χ1) is 21.4. The third-order valence-corrected chi connectivity index (χ3v) is 7.76. The van der Waals surface area contributed by atoms with Crippen molar-refractivity contribution < 1.29 is 29.3 Å². The number of phenols is 1. The minimum atomic E-state index is -0.991. The SMILES string of the molecule is CCOc1cc(C2/C(=C(\O)c3ccc(OCc4ccccc4)c(C)c3)C(=O)C(=O)N2c2cccc3ccccc23)ccc1O. The molecule has 220 valence electrons. The average Bonchev–Trinajstić information content (AvgIpc) is 3.31. The number of ether oxygens (including phenoxy) is 2. The number of ketones is 1. The minimum Gasteiger partial charge on any atom is -0.507 e. The number of amides is 1. The molecule has 1 heterocycles. The monoisotopic (exact) mass is 585 g/mol. The molecule has 2 N–H and O–H groups in total. The fourth-order valence-electron chi connectivity index (χ4n) is 5.64. The van der Waals surface area contributed by atoms with E-state index in [0.717, 1.165) is 21.9 Å². The maximum Gasteiger partial charge on any atom is 0.300 e. The molecule has 1 unspecified atom stereocenters. The van der Waals surface area contributed by atoms with Crippen molar-refractivity contribution in [3.05, 3.63) is 137 Å². The molecule has 5 aromatic carbocycles. The zero-order valence-electron chi connectivity index (χ0n) is 24.4. The summed E-state index contributed by atoms with van der Waals surface area (Å²) in [5.74, 6) is -1.10. The number of aliphatic hydroxyl groups excluding tert-OH is 1. The van der Waals surface area contributed by atoms with E-state index < -0.39 is 17.7 Å². The Balaban J connectivity index is 1.47. The standard InChI is InChI=1S/C37H31NO6/c1-3-43-32-21-26(16-18-30(32)39)34-33(36(41)37(42)38(34)29-15-9-13-25-12-7-8-14-28(25)29)35(40)27-17-19-31(23(2)20-27)44-22-24-10-5-4-6-11-24/h4-21,34,39-40H,3,22H2,1-2H3/b35-33+. The molecule has 7 nitrogen and oxygen atoms in total. The van der Waals surface area contributed by atoms with Crippen molar-refractivity contribution in [2.45, 2.75) is 26.5 Å². The summed E-state index contributed by atoms with van der Waals surface area (Å²) in [6, 6.07) is 31.8. The lowest BCUT2D eigenvalue weighted by Crippen LogP contribution is -2.29. The predicted molar refractivity (Wildman–Crippen MR) is 170 cm³/mol. The Morgan fingerprint density at radius 3 is 2.34 bits per heavy atom. The van der Waals surface area contributed by atoms with Crippen molar-refractivity contribution in [3.63, 3.8) is 0 Å². The highest BCUT2D eigenvalue weighted by Crippen LogP contribution is 2.46. The zero-order valence-corrected chi connectivity index (χ0v) is 24.4. The number of carbonyl (C=O) groups excluding carboxylic acids is 2. The van der Waals surface area contributed by atoms with E-state index in [-0.39, 0.29) is 22.8 Å². The third kappa shape index (κ3) is 5.24. The molecule has 1 fully saturated rings. The summed E-state index contributed by atoms with van der Waals surface area (Å²) < 4.78 is 11.6. The lowest BCUT2D eigenvalue weighted by atomic mass is 9.94. The summed E-state index contributed by atoms with van der Waals surface area (Å²) in [6.07, 6.45) is 0. The van der Waals surface area contributed by atoms with E-state index in [0.29, 0.717) is 35.8 Å². The van der Waals surface area contributed by atoms with Gasteiger partial charge in [-0.1, -0.05) is 72.8 Å². The number of nitrogens with zero attached hydrogens (tertiary/aromatic N) is 1. The number of hydrogen-bond donors (Lipinski definition) is 2. The summed E-state index contributed by atoms with van der Waals surface area (Å²) in [4.78, 5) is 29.0. The van der Waals surface area contributed by atoms with Gasteiger partial charge in [0, 0.05) is 10.9 Å². The van der Waals surface area contributed by atoms with E-state index in [4.69, 9.17) is 9.47 Å². The molecule has 0 saturated carbocycles. The summed E-state index contributed by atoms with van der Waals surface area (Å²) in [5.41, 5.74) is 3.12. The molecule has 1 aliphatic rings. The molecular weight excluding hydrogens is 554 g/mol. The van der Waals surface area contributed by atoms with Gasteiger partial charge < -0.3 is 19.7 Å². The molecule has 44 heavy (non-hydrogen) atoms. The Morgan fingerprint density at radius 1 is 0.818 bits per heavy atom. The summed E-state index contributed by atoms with van der Waals surface area (Å²) in [7, 11) is 0. The van der Waals surface area contributed by atoms with E-state index >= 15 is 0 Å².